The number of thioether (sulfide) groups is 1. The van der Waals surface area contributed by atoms with Crippen LogP contribution >= 0.6 is 11.8 Å². The van der Waals surface area contributed by atoms with Gasteiger partial charge in [0.15, 0.2) is 0 Å². The van der Waals surface area contributed by atoms with E-state index in [9.17, 15) is 9.59 Å². The summed E-state index contributed by atoms with van der Waals surface area (Å²) >= 11 is 1.92. The molecule has 0 N–H and O–H groups in total. The molecule has 0 amide bonds. The van der Waals surface area contributed by atoms with Crippen molar-refractivity contribution in [2.45, 2.75) is 142 Å². The van der Waals surface area contributed by atoms with Crippen molar-refractivity contribution in [3.8, 4) is 0 Å². The number of ether oxygens (including phenoxy) is 2. The van der Waals surface area contributed by atoms with Crippen LogP contribution in [0.2, 0.25) is 0 Å². The Balaban J connectivity index is 0.727. The van der Waals surface area contributed by atoms with E-state index in [1.165, 1.54) is 82.8 Å². The minimum absolute atomic E-state index is 0.0350. The summed E-state index contributed by atoms with van der Waals surface area (Å²) in [6, 6.07) is 0. The molecule has 0 spiro atoms. The molecule has 1 heterocycles. The predicted octanol–water partition coefficient (Wildman–Crippen LogP) is 9.19. The van der Waals surface area contributed by atoms with Gasteiger partial charge in [0.1, 0.15) is 6.61 Å². The molecule has 1 aromatic rings. The minimum Gasteiger partial charge on any atom is -0.465 e. The standard InChI is InChI=1S/C42H69N3O4S/c1-2-3-4-5-6-7-8-9-10-11-15-18-29-50-30-28-48-34(47)21-26-44(24-19-25-45-27-22-43-32-45)23-17-14-12-13-16-20-33(46)49-31-42-39-36-35-37(39)41(42)38(35)40(36)42/h22,27,32,35-41H,2-21,23-26,28-31H2,1H3. The van der Waals surface area contributed by atoms with E-state index in [4.69, 9.17) is 9.47 Å². The Kier molecular flexibility index (Phi) is 14.9. The highest BCUT2D eigenvalue weighted by Gasteiger charge is 3.04. The van der Waals surface area contributed by atoms with Crippen LogP contribution < -0.4 is 0 Å². The summed E-state index contributed by atoms with van der Waals surface area (Å²) in [6.45, 7) is 7.23. The lowest BCUT2D eigenvalue weighted by atomic mass is 8.97. The van der Waals surface area contributed by atoms with Crippen molar-refractivity contribution in [2.75, 3.05) is 44.4 Å². The molecule has 7 rings (SSSR count). The second-order valence-corrected chi connectivity index (χ2v) is 17.9. The highest BCUT2D eigenvalue weighted by atomic mass is 32.2. The lowest BCUT2D eigenvalue weighted by Gasteiger charge is -3.07. The van der Waals surface area contributed by atoms with Crippen LogP contribution in [0.25, 0.3) is 0 Å². The van der Waals surface area contributed by atoms with E-state index in [0.717, 1.165) is 118 Å². The first-order chi connectivity index (χ1) is 24.7. The van der Waals surface area contributed by atoms with Gasteiger partial charge in [-0.2, -0.15) is 11.8 Å². The van der Waals surface area contributed by atoms with E-state index in [1.807, 2.05) is 30.5 Å². The van der Waals surface area contributed by atoms with Crippen LogP contribution in [0.5, 0.6) is 0 Å². The quantitative estimate of drug-likeness (QED) is 0.0532. The highest BCUT2D eigenvalue weighted by Crippen LogP contribution is 3.05. The number of nitrogens with zero attached hydrogens (tertiary/aromatic N) is 3. The number of aromatic nitrogens is 2. The van der Waals surface area contributed by atoms with Gasteiger partial charge in [0.25, 0.3) is 0 Å². The number of imidazole rings is 1. The molecular formula is C42H69N3O4S. The number of unbranched alkanes of at least 4 members (excludes halogenated alkanes) is 15. The molecule has 8 heteroatoms. The largest absolute Gasteiger partial charge is 0.465 e. The molecular weight excluding hydrogens is 643 g/mol. The van der Waals surface area contributed by atoms with E-state index >= 15 is 0 Å². The summed E-state index contributed by atoms with van der Waals surface area (Å²) in [5.74, 6) is 9.21. The number of rotatable bonds is 33. The van der Waals surface area contributed by atoms with Gasteiger partial charge in [-0.05, 0) is 86.0 Å². The van der Waals surface area contributed by atoms with Crippen molar-refractivity contribution < 1.29 is 19.1 Å². The van der Waals surface area contributed by atoms with Gasteiger partial charge in [0, 0.05) is 43.1 Å². The Morgan fingerprint density at radius 2 is 1.28 bits per heavy atom. The summed E-state index contributed by atoms with van der Waals surface area (Å²) in [7, 11) is 0. The molecule has 0 unspecified atom stereocenters. The van der Waals surface area contributed by atoms with Crippen molar-refractivity contribution in [1.29, 1.82) is 0 Å². The summed E-state index contributed by atoms with van der Waals surface area (Å²) in [4.78, 5) is 31.5. The summed E-state index contributed by atoms with van der Waals surface area (Å²) in [5.41, 5.74) is 0.483. The van der Waals surface area contributed by atoms with Gasteiger partial charge in [-0.1, -0.05) is 96.8 Å². The monoisotopic (exact) mass is 712 g/mol. The van der Waals surface area contributed by atoms with Crippen molar-refractivity contribution in [1.82, 2.24) is 14.5 Å². The maximum Gasteiger partial charge on any atom is 0.307 e. The fraction of sp³-hybridized carbons (Fsp3) is 0.881. The maximum atomic E-state index is 12.5. The number of carbonyl (C=O) groups is 2. The van der Waals surface area contributed by atoms with Crippen LogP contribution in [0.4, 0.5) is 0 Å². The molecule has 0 aliphatic heterocycles. The number of carbonyl (C=O) groups excluding carboxylic acids is 2. The van der Waals surface area contributed by atoms with Crippen LogP contribution in [0, 0.1) is 46.8 Å². The first-order valence-electron chi connectivity index (χ1n) is 21.2. The van der Waals surface area contributed by atoms with Gasteiger partial charge in [-0.15, -0.1) is 0 Å². The van der Waals surface area contributed by atoms with Crippen LogP contribution in [-0.2, 0) is 25.6 Å². The third kappa shape index (κ3) is 8.80. The molecule has 6 aliphatic rings. The lowest BCUT2D eigenvalue weighted by molar-refractivity contribution is -0.617. The maximum absolute atomic E-state index is 12.5. The minimum atomic E-state index is -0.0674. The molecule has 0 radical (unpaired) electrons. The number of esters is 2. The van der Waals surface area contributed by atoms with Crippen LogP contribution in [0.1, 0.15) is 135 Å². The molecule has 0 atom stereocenters. The first kappa shape index (κ1) is 38.2. The van der Waals surface area contributed by atoms with Crippen LogP contribution in [-0.4, -0.2) is 70.7 Å². The zero-order chi connectivity index (χ0) is 34.6. The highest BCUT2D eigenvalue weighted by molar-refractivity contribution is 7.99. The molecule has 0 bridgehead atoms. The third-order valence-electron chi connectivity index (χ3n) is 13.7. The second kappa shape index (κ2) is 19.5. The van der Waals surface area contributed by atoms with E-state index < -0.39 is 0 Å². The Labute approximate surface area is 308 Å². The van der Waals surface area contributed by atoms with Crippen LogP contribution in [0.15, 0.2) is 18.7 Å². The fourth-order valence-electron chi connectivity index (χ4n) is 11.3. The van der Waals surface area contributed by atoms with Gasteiger partial charge < -0.3 is 18.9 Å². The van der Waals surface area contributed by atoms with E-state index in [0.29, 0.717) is 24.9 Å². The van der Waals surface area contributed by atoms with Crippen LogP contribution in [0.3, 0.4) is 0 Å². The van der Waals surface area contributed by atoms with Crippen molar-refractivity contribution in [2.24, 2.45) is 46.8 Å². The van der Waals surface area contributed by atoms with E-state index in [-0.39, 0.29) is 11.9 Å². The zero-order valence-corrected chi connectivity index (χ0v) is 32.3. The fourth-order valence-corrected chi connectivity index (χ4v) is 12.1. The summed E-state index contributed by atoms with van der Waals surface area (Å²) < 4.78 is 13.5. The van der Waals surface area contributed by atoms with Gasteiger partial charge in [-0.25, -0.2) is 4.98 Å². The Hall–Kier alpha value is -1.54. The molecule has 6 saturated carbocycles. The predicted molar refractivity (Wildman–Crippen MR) is 203 cm³/mol. The normalized spacial score (nSPS) is 28.6. The molecule has 282 valence electrons. The van der Waals surface area contributed by atoms with Crippen molar-refractivity contribution in [3.63, 3.8) is 0 Å². The Bertz CT molecular complexity index is 1110. The van der Waals surface area contributed by atoms with E-state index in [1.54, 1.807) is 0 Å². The number of aryl methyl sites for hydroxylation is 1. The molecule has 0 saturated heterocycles. The van der Waals surface area contributed by atoms with Crippen molar-refractivity contribution in [3.05, 3.63) is 18.7 Å². The molecule has 6 aliphatic carbocycles. The number of hydrogen-bond donors (Lipinski definition) is 0. The molecule has 1 aromatic heterocycles. The summed E-state index contributed by atoms with van der Waals surface area (Å²) in [6.07, 6.45) is 29.9. The Morgan fingerprint density at radius 3 is 1.94 bits per heavy atom. The average Bonchev–Trinajstić information content (AvgIpc) is 3.66. The molecule has 0 aromatic carbocycles. The van der Waals surface area contributed by atoms with Gasteiger partial charge in [0.05, 0.1) is 19.4 Å². The molecule has 7 nitrogen and oxygen atoms in total. The van der Waals surface area contributed by atoms with E-state index in [2.05, 4.69) is 21.4 Å². The van der Waals surface area contributed by atoms with Crippen molar-refractivity contribution >= 4 is 23.7 Å². The van der Waals surface area contributed by atoms with Gasteiger partial charge >= 0.3 is 11.9 Å². The smallest absolute Gasteiger partial charge is 0.307 e. The topological polar surface area (TPSA) is 73.7 Å². The SMILES string of the molecule is CCCCCCCCCCCCCCSCCOC(=O)CCN(CCCCCCCC(=O)OCC12C3C4C5C3C1C5C42)CCCn1ccnc1. The Morgan fingerprint density at radius 1 is 0.680 bits per heavy atom. The molecule has 6 fully saturated rings. The van der Waals surface area contributed by atoms with Gasteiger partial charge in [-0.3, -0.25) is 9.59 Å². The molecule has 50 heavy (non-hydrogen) atoms. The zero-order valence-electron chi connectivity index (χ0n) is 31.5. The van der Waals surface area contributed by atoms with Gasteiger partial charge in [0.2, 0.25) is 0 Å². The lowest BCUT2D eigenvalue weighted by Crippen LogP contribution is -3.06. The summed E-state index contributed by atoms with van der Waals surface area (Å²) in [5, 5.41) is 0. The second-order valence-electron chi connectivity index (χ2n) is 16.6. The average molecular weight is 712 g/mol. The first-order valence-corrected chi connectivity index (χ1v) is 22.4. The third-order valence-corrected chi connectivity index (χ3v) is 14.8. The number of hydrogen-bond acceptors (Lipinski definition) is 7.